The first kappa shape index (κ1) is 12.1. The van der Waals surface area contributed by atoms with Crippen molar-refractivity contribution in [3.8, 4) is 0 Å². The van der Waals surface area contributed by atoms with Gasteiger partial charge in [-0.05, 0) is 37.2 Å². The Labute approximate surface area is 101 Å². The van der Waals surface area contributed by atoms with Gasteiger partial charge in [0.25, 0.3) is 0 Å². The number of hydrogen-bond acceptors (Lipinski definition) is 4. The van der Waals surface area contributed by atoms with Gasteiger partial charge in [0.1, 0.15) is 5.52 Å². The zero-order valence-corrected chi connectivity index (χ0v) is 10.3. The topological polar surface area (TPSA) is 64.1 Å². The average Bonchev–Trinajstić information content (AvgIpc) is 2.82. The number of rotatable bonds is 5. The lowest BCUT2D eigenvalue weighted by atomic mass is 9.91. The summed E-state index contributed by atoms with van der Waals surface area (Å²) in [4.78, 5) is 4.12. The molecule has 2 rings (SSSR count). The van der Waals surface area contributed by atoms with Crippen molar-refractivity contribution in [3.63, 3.8) is 0 Å². The van der Waals surface area contributed by atoms with Crippen LogP contribution in [0.3, 0.4) is 0 Å². The monoisotopic (exact) mass is 233 g/mol. The van der Waals surface area contributed by atoms with E-state index in [9.17, 15) is 0 Å². The Morgan fingerprint density at radius 3 is 2.94 bits per heavy atom. The molecule has 92 valence electrons. The van der Waals surface area contributed by atoms with Crippen molar-refractivity contribution in [2.24, 2.45) is 11.7 Å². The normalized spacial score (nSPS) is 15.0. The number of nitrogens with zero attached hydrogens (tertiary/aromatic N) is 1. The highest BCUT2D eigenvalue weighted by Gasteiger charge is 2.19. The highest BCUT2D eigenvalue weighted by Crippen LogP contribution is 2.26. The molecule has 1 aromatic carbocycles. The molecule has 0 spiro atoms. The molecule has 0 aliphatic carbocycles. The van der Waals surface area contributed by atoms with Gasteiger partial charge in [0.2, 0.25) is 0 Å². The van der Waals surface area contributed by atoms with Gasteiger partial charge < -0.3 is 15.5 Å². The molecule has 2 unspecified atom stereocenters. The van der Waals surface area contributed by atoms with Crippen LogP contribution in [0.25, 0.3) is 11.1 Å². The minimum atomic E-state index is 0.263. The molecule has 1 heterocycles. The Bertz CT molecular complexity index is 476. The average molecular weight is 233 g/mol. The maximum absolute atomic E-state index is 5.81. The van der Waals surface area contributed by atoms with E-state index in [-0.39, 0.29) is 6.04 Å². The second-order valence-electron chi connectivity index (χ2n) is 4.25. The molecule has 3 N–H and O–H groups in total. The minimum absolute atomic E-state index is 0.263. The quantitative estimate of drug-likeness (QED) is 0.829. The lowest BCUT2D eigenvalue weighted by molar-refractivity contribution is 0.378. The molecule has 4 heteroatoms. The Hall–Kier alpha value is -1.39. The predicted molar refractivity (Wildman–Crippen MR) is 68.6 cm³/mol. The standard InChI is InChI=1S/C13H19N3O/c1-3-9(7-14)13(15-2)10-4-5-11-12(6-10)17-8-16-11/h4-6,8-9,13,15H,3,7,14H2,1-2H3. The van der Waals surface area contributed by atoms with Gasteiger partial charge in [0.05, 0.1) is 0 Å². The van der Waals surface area contributed by atoms with E-state index in [1.165, 1.54) is 12.0 Å². The van der Waals surface area contributed by atoms with Crippen molar-refractivity contribution in [2.75, 3.05) is 13.6 Å². The highest BCUT2D eigenvalue weighted by molar-refractivity contribution is 5.72. The number of fused-ring (bicyclic) bond motifs is 1. The largest absolute Gasteiger partial charge is 0.443 e. The third-order valence-corrected chi connectivity index (χ3v) is 3.32. The van der Waals surface area contributed by atoms with Crippen molar-refractivity contribution in [1.29, 1.82) is 0 Å². The van der Waals surface area contributed by atoms with E-state index in [0.717, 1.165) is 17.5 Å². The maximum Gasteiger partial charge on any atom is 0.181 e. The molecule has 1 aromatic heterocycles. The first-order valence-electron chi connectivity index (χ1n) is 6.00. The smallest absolute Gasteiger partial charge is 0.181 e. The zero-order chi connectivity index (χ0) is 12.3. The Morgan fingerprint density at radius 2 is 2.29 bits per heavy atom. The summed E-state index contributed by atoms with van der Waals surface area (Å²) in [6.45, 7) is 2.84. The third-order valence-electron chi connectivity index (χ3n) is 3.32. The molecule has 4 nitrogen and oxygen atoms in total. The molecule has 0 amide bonds. The first-order chi connectivity index (χ1) is 8.30. The van der Waals surface area contributed by atoms with Crippen LogP contribution < -0.4 is 11.1 Å². The molecule has 0 aliphatic heterocycles. The number of benzene rings is 1. The second-order valence-corrected chi connectivity index (χ2v) is 4.25. The van der Waals surface area contributed by atoms with Crippen molar-refractivity contribution >= 4 is 11.1 Å². The molecule has 0 aliphatic rings. The van der Waals surface area contributed by atoms with Crippen LogP contribution in [0, 0.1) is 5.92 Å². The lowest BCUT2D eigenvalue weighted by Gasteiger charge is -2.25. The molecule has 2 aromatic rings. The summed E-state index contributed by atoms with van der Waals surface area (Å²) in [5.74, 6) is 0.431. The number of aromatic nitrogens is 1. The number of oxazole rings is 1. The van der Waals surface area contributed by atoms with Crippen LogP contribution in [0.2, 0.25) is 0 Å². The number of nitrogens with one attached hydrogen (secondary N) is 1. The molecule has 0 radical (unpaired) electrons. The van der Waals surface area contributed by atoms with Crippen LogP contribution in [0.15, 0.2) is 29.0 Å². The van der Waals surface area contributed by atoms with Gasteiger partial charge >= 0.3 is 0 Å². The number of hydrogen-bond donors (Lipinski definition) is 2. The fourth-order valence-corrected chi connectivity index (χ4v) is 2.28. The van der Waals surface area contributed by atoms with Crippen molar-refractivity contribution in [1.82, 2.24) is 10.3 Å². The minimum Gasteiger partial charge on any atom is -0.443 e. The molecular formula is C13H19N3O. The molecule has 0 fully saturated rings. The van der Waals surface area contributed by atoms with E-state index < -0.39 is 0 Å². The van der Waals surface area contributed by atoms with E-state index in [4.69, 9.17) is 10.2 Å². The molecule has 0 saturated carbocycles. The fourth-order valence-electron chi connectivity index (χ4n) is 2.28. The van der Waals surface area contributed by atoms with E-state index in [1.54, 1.807) is 0 Å². The SMILES string of the molecule is CCC(CN)C(NC)c1ccc2ncoc2c1. The van der Waals surface area contributed by atoms with E-state index in [2.05, 4.69) is 23.3 Å². The van der Waals surface area contributed by atoms with Crippen LogP contribution in [0.5, 0.6) is 0 Å². The summed E-state index contributed by atoms with van der Waals surface area (Å²) >= 11 is 0. The molecular weight excluding hydrogens is 214 g/mol. The Morgan fingerprint density at radius 1 is 1.47 bits per heavy atom. The predicted octanol–water partition coefficient (Wildman–Crippen LogP) is 2.07. The second kappa shape index (κ2) is 5.29. The Balaban J connectivity index is 2.34. The van der Waals surface area contributed by atoms with Gasteiger partial charge in [-0.3, -0.25) is 0 Å². The summed E-state index contributed by atoms with van der Waals surface area (Å²) in [7, 11) is 1.97. The van der Waals surface area contributed by atoms with Crippen molar-refractivity contribution in [3.05, 3.63) is 30.2 Å². The van der Waals surface area contributed by atoms with Gasteiger partial charge in [-0.25, -0.2) is 4.98 Å². The van der Waals surface area contributed by atoms with E-state index in [0.29, 0.717) is 12.5 Å². The van der Waals surface area contributed by atoms with Gasteiger partial charge in [-0.15, -0.1) is 0 Å². The summed E-state index contributed by atoms with van der Waals surface area (Å²) < 4.78 is 5.33. The summed E-state index contributed by atoms with van der Waals surface area (Å²) in [5.41, 5.74) is 8.74. The molecule has 17 heavy (non-hydrogen) atoms. The fraction of sp³-hybridized carbons (Fsp3) is 0.462. The molecule has 0 saturated heterocycles. The van der Waals surface area contributed by atoms with Gasteiger partial charge in [0, 0.05) is 6.04 Å². The Kier molecular flexibility index (Phi) is 3.76. The lowest BCUT2D eigenvalue weighted by Crippen LogP contribution is -2.30. The maximum atomic E-state index is 5.81. The van der Waals surface area contributed by atoms with E-state index in [1.807, 2.05) is 19.2 Å². The van der Waals surface area contributed by atoms with Crippen LogP contribution in [-0.2, 0) is 0 Å². The highest BCUT2D eigenvalue weighted by atomic mass is 16.3. The van der Waals surface area contributed by atoms with Crippen LogP contribution >= 0.6 is 0 Å². The third kappa shape index (κ3) is 2.33. The summed E-state index contributed by atoms with van der Waals surface area (Å²) in [6.07, 6.45) is 2.53. The first-order valence-corrected chi connectivity index (χ1v) is 6.00. The van der Waals surface area contributed by atoms with Gasteiger partial charge in [-0.2, -0.15) is 0 Å². The van der Waals surface area contributed by atoms with Gasteiger partial charge in [0.15, 0.2) is 12.0 Å². The van der Waals surface area contributed by atoms with E-state index >= 15 is 0 Å². The summed E-state index contributed by atoms with van der Waals surface area (Å²) in [5, 5.41) is 3.34. The molecule has 2 atom stereocenters. The summed E-state index contributed by atoms with van der Waals surface area (Å²) in [6, 6.07) is 6.38. The zero-order valence-electron chi connectivity index (χ0n) is 10.3. The van der Waals surface area contributed by atoms with Gasteiger partial charge in [-0.1, -0.05) is 19.4 Å². The van der Waals surface area contributed by atoms with Crippen molar-refractivity contribution in [2.45, 2.75) is 19.4 Å². The van der Waals surface area contributed by atoms with Crippen LogP contribution in [0.4, 0.5) is 0 Å². The van der Waals surface area contributed by atoms with Crippen LogP contribution in [0.1, 0.15) is 24.9 Å². The van der Waals surface area contributed by atoms with Crippen LogP contribution in [-0.4, -0.2) is 18.6 Å². The number of nitrogens with two attached hydrogens (primary N) is 1. The van der Waals surface area contributed by atoms with Crippen molar-refractivity contribution < 1.29 is 4.42 Å². The molecule has 0 bridgehead atoms.